The van der Waals surface area contributed by atoms with E-state index in [-0.39, 0.29) is 28.0 Å². The van der Waals surface area contributed by atoms with Gasteiger partial charge in [0, 0.05) is 18.3 Å². The fourth-order valence-corrected chi connectivity index (χ4v) is 5.71. The van der Waals surface area contributed by atoms with Gasteiger partial charge in [-0.25, -0.2) is 9.07 Å². The Morgan fingerprint density at radius 2 is 1.91 bits per heavy atom. The van der Waals surface area contributed by atoms with E-state index in [1.807, 2.05) is 6.20 Å². The van der Waals surface area contributed by atoms with Crippen molar-refractivity contribution >= 4 is 29.0 Å². The summed E-state index contributed by atoms with van der Waals surface area (Å²) in [5.74, 6) is 0.174. The lowest BCUT2D eigenvalue weighted by Crippen LogP contribution is -2.27. The van der Waals surface area contributed by atoms with Crippen molar-refractivity contribution in [3.05, 3.63) is 88.4 Å². The highest BCUT2D eigenvalue weighted by Crippen LogP contribution is 2.44. The van der Waals surface area contributed by atoms with E-state index in [2.05, 4.69) is 0 Å². The molecule has 1 aliphatic heterocycles. The van der Waals surface area contributed by atoms with Gasteiger partial charge in [-0.1, -0.05) is 12.1 Å². The highest BCUT2D eigenvalue weighted by molar-refractivity contribution is 8.00. The van der Waals surface area contributed by atoms with Crippen LogP contribution in [0.3, 0.4) is 0 Å². The molecule has 0 saturated carbocycles. The number of rotatable bonds is 5. The first kappa shape index (κ1) is 21.7. The molecule has 0 bridgehead atoms. The molecule has 0 radical (unpaired) electrons. The number of benzene rings is 2. The fraction of sp³-hybridized carbons (Fsp3) is 0.167. The van der Waals surface area contributed by atoms with Crippen molar-refractivity contribution in [1.29, 1.82) is 0 Å². The van der Waals surface area contributed by atoms with Gasteiger partial charge in [-0.05, 0) is 60.5 Å². The highest BCUT2D eigenvalue weighted by Gasteiger charge is 2.36. The molecule has 168 valence electrons. The number of aromatic hydroxyl groups is 1. The fourth-order valence-electron chi connectivity index (χ4n) is 3.79. The smallest absolute Gasteiger partial charge is 0.234 e. The van der Waals surface area contributed by atoms with Gasteiger partial charge in [-0.2, -0.15) is 9.49 Å². The van der Waals surface area contributed by atoms with E-state index in [1.165, 1.54) is 23.9 Å². The van der Waals surface area contributed by atoms with Crippen molar-refractivity contribution in [3.63, 3.8) is 0 Å². The molecule has 1 saturated heterocycles. The number of aromatic nitrogens is 2. The van der Waals surface area contributed by atoms with Gasteiger partial charge >= 0.3 is 0 Å². The molecule has 1 aliphatic rings. The van der Waals surface area contributed by atoms with Crippen LogP contribution in [-0.2, 0) is 11.3 Å². The van der Waals surface area contributed by atoms with E-state index in [4.69, 9.17) is 5.10 Å². The van der Waals surface area contributed by atoms with Gasteiger partial charge in [0.25, 0.3) is 0 Å². The predicted molar refractivity (Wildman–Crippen MR) is 125 cm³/mol. The molecular weight excluding hydrogens is 464 g/mol. The summed E-state index contributed by atoms with van der Waals surface area (Å²) >= 11 is 2.48. The van der Waals surface area contributed by atoms with E-state index in [9.17, 15) is 18.7 Å². The Morgan fingerprint density at radius 3 is 2.61 bits per heavy atom. The molecule has 9 heteroatoms. The summed E-state index contributed by atoms with van der Waals surface area (Å²) in [7, 11) is 0. The lowest BCUT2D eigenvalue weighted by molar-refractivity contribution is -0.128. The number of phenols is 1. The molecule has 1 N–H and O–H groups in total. The van der Waals surface area contributed by atoms with Gasteiger partial charge in [0.15, 0.2) is 5.13 Å². The number of hydrogen-bond donors (Lipinski definition) is 1. The Hall–Kier alpha value is -3.17. The molecule has 3 heterocycles. The van der Waals surface area contributed by atoms with Crippen molar-refractivity contribution in [2.45, 2.75) is 18.8 Å². The number of phenolic OH excluding ortho intramolecular Hbond substituents is 1. The number of hydrogen-bond acceptors (Lipinski definition) is 5. The van der Waals surface area contributed by atoms with Crippen molar-refractivity contribution in [3.8, 4) is 22.0 Å². The summed E-state index contributed by atoms with van der Waals surface area (Å²) in [6.07, 6.45) is 1.83. The Bertz CT molecular complexity index is 1330. The maximum absolute atomic E-state index is 13.9. The highest BCUT2D eigenvalue weighted by atomic mass is 32.2. The zero-order valence-electron chi connectivity index (χ0n) is 17.5. The third-order valence-corrected chi connectivity index (χ3v) is 7.60. The second kappa shape index (κ2) is 8.64. The molecule has 2 aromatic carbocycles. The number of thioether (sulfide) groups is 1. The van der Waals surface area contributed by atoms with Gasteiger partial charge in [0.2, 0.25) is 5.91 Å². The first-order valence-corrected chi connectivity index (χ1v) is 12.1. The van der Waals surface area contributed by atoms with E-state index in [1.54, 1.807) is 59.0 Å². The topological polar surface area (TPSA) is 58.4 Å². The summed E-state index contributed by atoms with van der Waals surface area (Å²) in [6, 6.07) is 14.5. The molecule has 0 spiro atoms. The molecule has 1 fully saturated rings. The van der Waals surface area contributed by atoms with Gasteiger partial charge < -0.3 is 10.0 Å². The molecule has 1 amide bonds. The molecule has 1 atom stereocenters. The summed E-state index contributed by atoms with van der Waals surface area (Å²) < 4.78 is 29.3. The van der Waals surface area contributed by atoms with Crippen LogP contribution in [0.4, 0.5) is 8.78 Å². The molecule has 5 nitrogen and oxygen atoms in total. The molecule has 0 aliphatic carbocycles. The van der Waals surface area contributed by atoms with Crippen molar-refractivity contribution < 1.29 is 18.7 Å². The van der Waals surface area contributed by atoms with E-state index in [0.717, 1.165) is 22.5 Å². The van der Waals surface area contributed by atoms with E-state index < -0.39 is 0 Å². The molecular formula is C24H19F2N3O2S2. The lowest BCUT2D eigenvalue weighted by Gasteiger charge is -2.24. The maximum atomic E-state index is 13.9. The van der Waals surface area contributed by atoms with Gasteiger partial charge in [0.1, 0.15) is 22.6 Å². The number of carbonyl (C=O) groups excluding carboxylic acids is 1. The number of thiophene rings is 1. The number of aryl methyl sites for hydroxylation is 1. The number of nitrogens with zero attached hydrogens (tertiary/aromatic N) is 3. The summed E-state index contributed by atoms with van der Waals surface area (Å²) in [5, 5.41) is 13.6. The molecule has 33 heavy (non-hydrogen) atoms. The molecule has 5 rings (SSSR count). The summed E-state index contributed by atoms with van der Waals surface area (Å²) in [4.78, 5) is 15.2. The zero-order valence-corrected chi connectivity index (χ0v) is 19.2. The minimum atomic E-state index is -0.320. The molecule has 2 aromatic heterocycles. The Kier molecular flexibility index (Phi) is 5.67. The number of halogens is 2. The molecule has 4 aromatic rings. The minimum Gasteiger partial charge on any atom is -0.508 e. The van der Waals surface area contributed by atoms with E-state index >= 15 is 0 Å². The molecule has 0 unspecified atom stereocenters. The van der Waals surface area contributed by atoms with Crippen molar-refractivity contribution in [2.75, 3.05) is 5.75 Å². The van der Waals surface area contributed by atoms with Crippen LogP contribution in [0.2, 0.25) is 0 Å². The second-order valence-electron chi connectivity index (χ2n) is 7.77. The average Bonchev–Trinajstić information content (AvgIpc) is 3.51. The maximum Gasteiger partial charge on any atom is 0.234 e. The van der Waals surface area contributed by atoms with Gasteiger partial charge in [-0.15, -0.1) is 23.1 Å². The minimum absolute atomic E-state index is 0.00763. The van der Waals surface area contributed by atoms with Crippen molar-refractivity contribution in [2.24, 2.45) is 0 Å². The Balaban J connectivity index is 1.57. The van der Waals surface area contributed by atoms with Crippen LogP contribution in [0.1, 0.15) is 22.1 Å². The van der Waals surface area contributed by atoms with Crippen LogP contribution in [-0.4, -0.2) is 31.4 Å². The Labute approximate surface area is 197 Å². The third kappa shape index (κ3) is 4.26. The quantitative estimate of drug-likeness (QED) is 0.398. The second-order valence-corrected chi connectivity index (χ2v) is 9.87. The standard InChI is InChI=1S/C24H19F2N3O2S2/c1-14-10-16(4-7-19(14)25)29-12-18(23(27-29)20-8-9-21(26)33-20)24-28(22(31)13-32-24)11-15-2-5-17(30)6-3-15/h2-10,12,24,30H,11,13H2,1H3/t24-/m1/s1. The number of amides is 1. The van der Waals surface area contributed by atoms with Crippen LogP contribution >= 0.6 is 23.1 Å². The van der Waals surface area contributed by atoms with Crippen LogP contribution in [0, 0.1) is 17.9 Å². The number of carbonyl (C=O) groups is 1. The largest absolute Gasteiger partial charge is 0.508 e. The SMILES string of the molecule is Cc1cc(-n2cc([C@H]3SCC(=O)N3Cc3ccc(O)cc3)c(-c3ccc(F)s3)n2)ccc1F. The third-order valence-electron chi connectivity index (χ3n) is 5.48. The summed E-state index contributed by atoms with van der Waals surface area (Å²) in [6.45, 7) is 2.06. The zero-order chi connectivity index (χ0) is 23.1. The van der Waals surface area contributed by atoms with Crippen LogP contribution in [0.15, 0.2) is 60.8 Å². The normalized spacial score (nSPS) is 16.0. The first-order chi connectivity index (χ1) is 15.9. The van der Waals surface area contributed by atoms with Gasteiger partial charge in [-0.3, -0.25) is 4.79 Å². The van der Waals surface area contributed by atoms with Crippen LogP contribution in [0.5, 0.6) is 5.75 Å². The van der Waals surface area contributed by atoms with Gasteiger partial charge in [0.05, 0.1) is 16.3 Å². The monoisotopic (exact) mass is 483 g/mol. The predicted octanol–water partition coefficient (Wildman–Crippen LogP) is 5.67. The lowest BCUT2D eigenvalue weighted by atomic mass is 10.1. The summed E-state index contributed by atoms with van der Waals surface area (Å²) in [5.41, 5.74) is 3.44. The Morgan fingerprint density at radius 1 is 1.12 bits per heavy atom. The first-order valence-electron chi connectivity index (χ1n) is 10.2. The van der Waals surface area contributed by atoms with Crippen LogP contribution < -0.4 is 0 Å². The van der Waals surface area contributed by atoms with Crippen molar-refractivity contribution in [1.82, 2.24) is 14.7 Å². The van der Waals surface area contributed by atoms with Crippen LogP contribution in [0.25, 0.3) is 16.3 Å². The van der Waals surface area contributed by atoms with E-state index in [0.29, 0.717) is 34.1 Å². The average molecular weight is 484 g/mol.